The highest BCUT2D eigenvalue weighted by Crippen LogP contribution is 2.16. The lowest BCUT2D eigenvalue weighted by molar-refractivity contribution is -0.142. The monoisotopic (exact) mass is 279 g/mol. The molecule has 0 saturated heterocycles. The molecule has 1 aromatic rings. The van der Waals surface area contributed by atoms with E-state index in [4.69, 9.17) is 9.84 Å². The fourth-order valence-corrected chi connectivity index (χ4v) is 2.23. The average molecular weight is 279 g/mol. The average Bonchev–Trinajstić information content (AvgIpc) is 2.50. The van der Waals surface area contributed by atoms with E-state index in [0.29, 0.717) is 12.5 Å². The number of rotatable bonds is 9. The van der Waals surface area contributed by atoms with E-state index >= 15 is 0 Å². The van der Waals surface area contributed by atoms with Crippen molar-refractivity contribution in [2.45, 2.75) is 25.7 Å². The van der Waals surface area contributed by atoms with Crippen molar-refractivity contribution >= 4 is 5.97 Å². The fraction of sp³-hybridized carbons (Fsp3) is 0.562. The minimum Gasteiger partial charge on any atom is -0.469 e. The summed E-state index contributed by atoms with van der Waals surface area (Å²) in [6.07, 6.45) is 1.81. The fourth-order valence-electron chi connectivity index (χ4n) is 2.23. The Balaban J connectivity index is 2.56. The minimum atomic E-state index is -0.284. The van der Waals surface area contributed by atoms with Gasteiger partial charge in [0.1, 0.15) is 0 Å². The van der Waals surface area contributed by atoms with Crippen LogP contribution in [0.5, 0.6) is 0 Å². The van der Waals surface area contributed by atoms with Gasteiger partial charge in [0.2, 0.25) is 0 Å². The van der Waals surface area contributed by atoms with Crippen LogP contribution in [-0.2, 0) is 9.53 Å². The Hall–Kier alpha value is -1.39. The third kappa shape index (κ3) is 5.31. The first kappa shape index (κ1) is 16.7. The van der Waals surface area contributed by atoms with Crippen LogP contribution in [0.1, 0.15) is 31.2 Å². The van der Waals surface area contributed by atoms with E-state index in [1.165, 1.54) is 7.11 Å². The summed E-state index contributed by atoms with van der Waals surface area (Å²) in [7, 11) is 1.42. The number of benzene rings is 1. The molecule has 0 aromatic heterocycles. The Bertz CT molecular complexity index is 381. The Morgan fingerprint density at radius 2 is 2.00 bits per heavy atom. The van der Waals surface area contributed by atoms with E-state index in [0.717, 1.165) is 24.9 Å². The number of hydrogen-bond acceptors (Lipinski definition) is 4. The van der Waals surface area contributed by atoms with E-state index in [9.17, 15) is 4.79 Å². The minimum absolute atomic E-state index is 0.208. The smallest absolute Gasteiger partial charge is 0.314 e. The van der Waals surface area contributed by atoms with E-state index in [2.05, 4.69) is 12.2 Å². The third-order valence-corrected chi connectivity index (χ3v) is 3.58. The van der Waals surface area contributed by atoms with Gasteiger partial charge in [-0.1, -0.05) is 43.7 Å². The molecule has 1 aromatic carbocycles. The zero-order chi connectivity index (χ0) is 14.8. The van der Waals surface area contributed by atoms with Crippen molar-refractivity contribution in [3.8, 4) is 0 Å². The molecule has 0 aliphatic heterocycles. The topological polar surface area (TPSA) is 58.6 Å². The molecule has 0 fully saturated rings. The van der Waals surface area contributed by atoms with Crippen molar-refractivity contribution in [2.24, 2.45) is 5.92 Å². The van der Waals surface area contributed by atoms with Crippen LogP contribution < -0.4 is 5.32 Å². The lowest BCUT2D eigenvalue weighted by Gasteiger charge is -2.19. The van der Waals surface area contributed by atoms with Gasteiger partial charge in [0.15, 0.2) is 0 Å². The number of aliphatic hydroxyl groups is 1. The summed E-state index contributed by atoms with van der Waals surface area (Å²) in [5.41, 5.74) is 0.960. The van der Waals surface area contributed by atoms with E-state index in [-0.39, 0.29) is 18.5 Å². The molecule has 0 spiro atoms. The quantitative estimate of drug-likeness (QED) is 0.678. The van der Waals surface area contributed by atoms with Gasteiger partial charge in [0.25, 0.3) is 0 Å². The van der Waals surface area contributed by atoms with Gasteiger partial charge < -0.3 is 15.2 Å². The first-order valence-electron chi connectivity index (χ1n) is 7.17. The number of carbonyl (C=O) groups is 1. The molecule has 20 heavy (non-hydrogen) atoms. The van der Waals surface area contributed by atoms with Crippen molar-refractivity contribution in [1.82, 2.24) is 5.32 Å². The van der Waals surface area contributed by atoms with Gasteiger partial charge in [-0.05, 0) is 24.4 Å². The molecule has 4 nitrogen and oxygen atoms in total. The largest absolute Gasteiger partial charge is 0.469 e. The highest BCUT2D eigenvalue weighted by atomic mass is 16.5. The molecule has 2 N–H and O–H groups in total. The summed E-state index contributed by atoms with van der Waals surface area (Å²) in [5.74, 6) is -0.0687. The first-order chi connectivity index (χ1) is 9.72. The van der Waals surface area contributed by atoms with Crippen LogP contribution in [0.2, 0.25) is 0 Å². The number of nitrogens with one attached hydrogen (secondary N) is 1. The molecule has 2 atom stereocenters. The molecule has 4 heteroatoms. The van der Waals surface area contributed by atoms with Crippen LogP contribution in [0.4, 0.5) is 0 Å². The SMILES string of the molecule is CCC(CCO)CNCC(C(=O)OC)c1ccccc1. The molecule has 112 valence electrons. The van der Waals surface area contributed by atoms with Crippen LogP contribution in [0.25, 0.3) is 0 Å². The Morgan fingerprint density at radius 3 is 2.55 bits per heavy atom. The number of methoxy groups -OCH3 is 1. The highest BCUT2D eigenvalue weighted by molar-refractivity contribution is 5.78. The standard InChI is InChI=1S/C16H25NO3/c1-3-13(9-10-18)11-17-12-15(16(19)20-2)14-7-5-4-6-8-14/h4-8,13,15,17-18H,3,9-12H2,1-2H3. The number of hydrogen-bond donors (Lipinski definition) is 2. The third-order valence-electron chi connectivity index (χ3n) is 3.58. The van der Waals surface area contributed by atoms with Crippen LogP contribution in [0, 0.1) is 5.92 Å². The second-order valence-electron chi connectivity index (χ2n) is 4.93. The van der Waals surface area contributed by atoms with Gasteiger partial charge in [-0.3, -0.25) is 4.79 Å². The van der Waals surface area contributed by atoms with Gasteiger partial charge in [-0.2, -0.15) is 0 Å². The molecule has 1 rings (SSSR count). The lowest BCUT2D eigenvalue weighted by Crippen LogP contribution is -2.31. The van der Waals surface area contributed by atoms with E-state index in [1.54, 1.807) is 0 Å². The maximum absolute atomic E-state index is 11.9. The summed E-state index contributed by atoms with van der Waals surface area (Å²) >= 11 is 0. The number of carbonyl (C=O) groups excluding carboxylic acids is 1. The van der Waals surface area contributed by atoms with Crippen molar-refractivity contribution in [2.75, 3.05) is 26.8 Å². The first-order valence-corrected chi connectivity index (χ1v) is 7.17. The molecule has 0 radical (unpaired) electrons. The zero-order valence-corrected chi connectivity index (χ0v) is 12.3. The highest BCUT2D eigenvalue weighted by Gasteiger charge is 2.21. The molecule has 0 aliphatic rings. The van der Waals surface area contributed by atoms with Gasteiger partial charge in [0.05, 0.1) is 13.0 Å². The Kier molecular flexibility index (Phi) is 7.92. The summed E-state index contributed by atoms with van der Waals surface area (Å²) in [4.78, 5) is 11.9. The summed E-state index contributed by atoms with van der Waals surface area (Å²) in [6.45, 7) is 3.67. The predicted molar refractivity (Wildman–Crippen MR) is 79.6 cm³/mol. The predicted octanol–water partition coefficient (Wildman–Crippen LogP) is 1.94. The van der Waals surface area contributed by atoms with Crippen molar-refractivity contribution in [3.05, 3.63) is 35.9 Å². The Morgan fingerprint density at radius 1 is 1.30 bits per heavy atom. The molecule has 2 unspecified atom stereocenters. The van der Waals surface area contributed by atoms with E-state index < -0.39 is 0 Å². The van der Waals surface area contributed by atoms with E-state index in [1.807, 2.05) is 30.3 Å². The Labute approximate surface area is 121 Å². The lowest BCUT2D eigenvalue weighted by atomic mass is 9.98. The van der Waals surface area contributed by atoms with Crippen molar-refractivity contribution in [3.63, 3.8) is 0 Å². The number of aliphatic hydroxyl groups excluding tert-OH is 1. The van der Waals surface area contributed by atoms with Crippen LogP contribution in [0.15, 0.2) is 30.3 Å². The van der Waals surface area contributed by atoms with Crippen molar-refractivity contribution in [1.29, 1.82) is 0 Å². The summed E-state index contributed by atoms with van der Waals surface area (Å²) < 4.78 is 4.88. The second-order valence-corrected chi connectivity index (χ2v) is 4.93. The molecular weight excluding hydrogens is 254 g/mol. The maximum Gasteiger partial charge on any atom is 0.314 e. The normalized spacial score (nSPS) is 13.8. The van der Waals surface area contributed by atoms with Crippen LogP contribution >= 0.6 is 0 Å². The molecule has 0 amide bonds. The molecule has 0 aliphatic carbocycles. The second kappa shape index (κ2) is 9.50. The van der Waals surface area contributed by atoms with Crippen molar-refractivity contribution < 1.29 is 14.6 Å². The van der Waals surface area contributed by atoms with Gasteiger partial charge in [0, 0.05) is 13.2 Å². The molecule has 0 saturated carbocycles. The maximum atomic E-state index is 11.9. The van der Waals surface area contributed by atoms with Crippen LogP contribution in [0.3, 0.4) is 0 Å². The molecular formula is C16H25NO3. The molecule has 0 heterocycles. The summed E-state index contributed by atoms with van der Waals surface area (Å²) in [6, 6.07) is 9.65. The number of ether oxygens (including phenoxy) is 1. The van der Waals surface area contributed by atoms with Crippen LogP contribution in [-0.4, -0.2) is 37.9 Å². The van der Waals surface area contributed by atoms with Gasteiger partial charge in [-0.25, -0.2) is 0 Å². The zero-order valence-electron chi connectivity index (χ0n) is 12.3. The van der Waals surface area contributed by atoms with Gasteiger partial charge >= 0.3 is 5.97 Å². The summed E-state index contributed by atoms with van der Waals surface area (Å²) in [5, 5.41) is 12.3. The molecule has 0 bridgehead atoms. The van der Waals surface area contributed by atoms with Gasteiger partial charge in [-0.15, -0.1) is 0 Å². The number of esters is 1.